The van der Waals surface area contributed by atoms with Crippen LogP contribution in [0.2, 0.25) is 0 Å². The van der Waals surface area contributed by atoms with Crippen LogP contribution in [0.25, 0.3) is 0 Å². The number of aromatic nitrogens is 1. The Kier molecular flexibility index (Phi) is 10.9. The lowest BCUT2D eigenvalue weighted by Gasteiger charge is -2.32. The standard InChI is InChI=1S/C21H33N5S2.HI/c1-4-20-24-18(16-28-20)15-26-11-7-17(8-12-26)14-23-21(22-2)25(3)10-9-19-6-5-13-27-19;/h5-6,13,16-17H,4,7-12,14-15H2,1-3H3,(H,22,23);1H. The second-order valence-corrected chi connectivity index (χ2v) is 9.46. The average Bonchev–Trinajstić information content (AvgIpc) is 3.40. The zero-order chi connectivity index (χ0) is 19.8. The highest BCUT2D eigenvalue weighted by Gasteiger charge is 2.20. The highest BCUT2D eigenvalue weighted by Crippen LogP contribution is 2.19. The van der Waals surface area contributed by atoms with Crippen molar-refractivity contribution < 1.29 is 0 Å². The van der Waals surface area contributed by atoms with Crippen LogP contribution in [0.4, 0.5) is 0 Å². The maximum atomic E-state index is 4.71. The molecule has 29 heavy (non-hydrogen) atoms. The number of hydrogen-bond acceptors (Lipinski definition) is 5. The number of thiophene rings is 1. The first-order chi connectivity index (χ1) is 13.7. The number of halogens is 1. The number of piperidine rings is 1. The maximum absolute atomic E-state index is 4.71. The quantitative estimate of drug-likeness (QED) is 0.303. The van der Waals surface area contributed by atoms with Crippen LogP contribution < -0.4 is 5.32 Å². The molecule has 2 aromatic rings. The molecule has 0 radical (unpaired) electrons. The fraction of sp³-hybridized carbons (Fsp3) is 0.619. The van der Waals surface area contributed by atoms with E-state index in [1.165, 1.54) is 28.4 Å². The SMILES string of the molecule is CCc1nc(CN2CCC(CNC(=NC)N(C)CCc3cccs3)CC2)cs1.I. The van der Waals surface area contributed by atoms with Gasteiger partial charge < -0.3 is 10.2 Å². The number of nitrogens with zero attached hydrogens (tertiary/aromatic N) is 4. The van der Waals surface area contributed by atoms with Crippen molar-refractivity contribution in [3.8, 4) is 0 Å². The Morgan fingerprint density at radius 1 is 1.34 bits per heavy atom. The normalized spacial score (nSPS) is 15.9. The number of aliphatic imine (C=N–C) groups is 1. The van der Waals surface area contributed by atoms with Crippen LogP contribution in [-0.2, 0) is 19.4 Å². The molecule has 1 N–H and O–H groups in total. The first-order valence-electron chi connectivity index (χ1n) is 10.3. The molecule has 0 spiro atoms. The number of hydrogen-bond donors (Lipinski definition) is 1. The second kappa shape index (κ2) is 12.9. The van der Waals surface area contributed by atoms with Gasteiger partial charge in [0, 0.05) is 44.0 Å². The van der Waals surface area contributed by atoms with E-state index in [0.717, 1.165) is 57.4 Å². The summed E-state index contributed by atoms with van der Waals surface area (Å²) < 4.78 is 0. The molecular weight excluding hydrogens is 513 g/mol. The van der Waals surface area contributed by atoms with Gasteiger partial charge in [0.05, 0.1) is 10.7 Å². The molecule has 0 bridgehead atoms. The minimum Gasteiger partial charge on any atom is -0.356 e. The molecule has 0 amide bonds. The van der Waals surface area contributed by atoms with Crippen molar-refractivity contribution in [2.45, 2.75) is 39.2 Å². The smallest absolute Gasteiger partial charge is 0.193 e. The molecule has 8 heteroatoms. The molecule has 3 heterocycles. The summed E-state index contributed by atoms with van der Waals surface area (Å²) in [6.45, 7) is 7.52. The van der Waals surface area contributed by atoms with E-state index in [2.05, 4.69) is 57.0 Å². The zero-order valence-corrected chi connectivity index (χ0v) is 21.7. The van der Waals surface area contributed by atoms with Gasteiger partial charge in [0.1, 0.15) is 0 Å². The molecule has 0 aliphatic carbocycles. The summed E-state index contributed by atoms with van der Waals surface area (Å²) >= 11 is 3.62. The molecule has 5 nitrogen and oxygen atoms in total. The van der Waals surface area contributed by atoms with Gasteiger partial charge in [0.15, 0.2) is 5.96 Å². The Bertz CT molecular complexity index is 723. The van der Waals surface area contributed by atoms with Gasteiger partial charge in [-0.1, -0.05) is 13.0 Å². The van der Waals surface area contributed by atoms with Gasteiger partial charge in [0.25, 0.3) is 0 Å². The van der Waals surface area contributed by atoms with Crippen molar-refractivity contribution in [1.29, 1.82) is 0 Å². The van der Waals surface area contributed by atoms with E-state index in [1.807, 2.05) is 18.4 Å². The largest absolute Gasteiger partial charge is 0.356 e. The number of nitrogens with one attached hydrogen (secondary N) is 1. The van der Waals surface area contributed by atoms with Gasteiger partial charge in [-0.15, -0.1) is 46.7 Å². The van der Waals surface area contributed by atoms with E-state index in [0.29, 0.717) is 0 Å². The van der Waals surface area contributed by atoms with Crippen molar-refractivity contribution in [3.63, 3.8) is 0 Å². The lowest BCUT2D eigenvalue weighted by molar-refractivity contribution is 0.176. The van der Waals surface area contributed by atoms with Crippen molar-refractivity contribution in [2.24, 2.45) is 10.9 Å². The predicted octanol–water partition coefficient (Wildman–Crippen LogP) is 4.35. The number of likely N-dealkylation sites (N-methyl/N-ethyl adjacent to an activating group) is 1. The monoisotopic (exact) mass is 547 g/mol. The molecule has 1 fully saturated rings. The van der Waals surface area contributed by atoms with Gasteiger partial charge in [0.2, 0.25) is 0 Å². The molecule has 1 aliphatic heterocycles. The summed E-state index contributed by atoms with van der Waals surface area (Å²) in [6.07, 6.45) is 4.60. The molecule has 3 rings (SSSR count). The van der Waals surface area contributed by atoms with Gasteiger partial charge in [-0.2, -0.15) is 0 Å². The second-order valence-electron chi connectivity index (χ2n) is 7.48. The first kappa shape index (κ1) is 24.6. The van der Waals surface area contributed by atoms with Crippen molar-refractivity contribution in [3.05, 3.63) is 38.5 Å². The molecule has 0 aromatic carbocycles. The molecule has 1 aliphatic rings. The number of thiazole rings is 1. The molecular formula is C21H34IN5S2. The minimum absolute atomic E-state index is 0. The van der Waals surface area contributed by atoms with E-state index >= 15 is 0 Å². The van der Waals surface area contributed by atoms with Crippen LogP contribution in [0, 0.1) is 5.92 Å². The fourth-order valence-electron chi connectivity index (χ4n) is 3.62. The van der Waals surface area contributed by atoms with E-state index in [9.17, 15) is 0 Å². The Morgan fingerprint density at radius 3 is 2.76 bits per heavy atom. The Hall–Kier alpha value is -0.710. The lowest BCUT2D eigenvalue weighted by atomic mass is 9.97. The first-order valence-corrected chi connectivity index (χ1v) is 12.0. The zero-order valence-electron chi connectivity index (χ0n) is 17.8. The van der Waals surface area contributed by atoms with E-state index < -0.39 is 0 Å². The average molecular weight is 548 g/mol. The lowest BCUT2D eigenvalue weighted by Crippen LogP contribution is -2.44. The van der Waals surface area contributed by atoms with Gasteiger partial charge in [-0.3, -0.25) is 9.89 Å². The third-order valence-electron chi connectivity index (χ3n) is 5.39. The number of guanidine groups is 1. The molecule has 162 valence electrons. The van der Waals surface area contributed by atoms with Crippen LogP contribution in [-0.4, -0.2) is 61.0 Å². The van der Waals surface area contributed by atoms with Gasteiger partial charge in [-0.25, -0.2) is 4.98 Å². The van der Waals surface area contributed by atoms with Gasteiger partial charge >= 0.3 is 0 Å². The number of aryl methyl sites for hydroxylation is 1. The van der Waals surface area contributed by atoms with Crippen LogP contribution in [0.15, 0.2) is 27.9 Å². The minimum atomic E-state index is 0. The fourth-order valence-corrected chi connectivity index (χ4v) is 5.05. The van der Waals surface area contributed by atoms with Crippen LogP contribution in [0.5, 0.6) is 0 Å². The van der Waals surface area contributed by atoms with E-state index in [1.54, 1.807) is 11.3 Å². The highest BCUT2D eigenvalue weighted by molar-refractivity contribution is 14.0. The van der Waals surface area contributed by atoms with Gasteiger partial charge in [-0.05, 0) is 56.1 Å². The third kappa shape index (κ3) is 7.80. The maximum Gasteiger partial charge on any atom is 0.193 e. The summed E-state index contributed by atoms with van der Waals surface area (Å²) in [6, 6.07) is 4.33. The highest BCUT2D eigenvalue weighted by atomic mass is 127. The molecule has 0 atom stereocenters. The summed E-state index contributed by atoms with van der Waals surface area (Å²) in [5.74, 6) is 1.73. The number of likely N-dealkylation sites (tertiary alicyclic amines) is 1. The predicted molar refractivity (Wildman–Crippen MR) is 137 cm³/mol. The Labute approximate surface area is 200 Å². The van der Waals surface area contributed by atoms with Crippen LogP contribution >= 0.6 is 46.7 Å². The molecule has 0 saturated carbocycles. The molecule has 0 unspecified atom stereocenters. The summed E-state index contributed by atoms with van der Waals surface area (Å²) in [5, 5.41) is 9.22. The van der Waals surface area contributed by atoms with Crippen LogP contribution in [0.3, 0.4) is 0 Å². The topological polar surface area (TPSA) is 43.8 Å². The number of rotatable bonds is 8. The summed E-state index contributed by atoms with van der Waals surface area (Å²) in [7, 11) is 4.01. The van der Waals surface area contributed by atoms with E-state index in [-0.39, 0.29) is 24.0 Å². The van der Waals surface area contributed by atoms with Crippen molar-refractivity contribution in [1.82, 2.24) is 20.1 Å². The van der Waals surface area contributed by atoms with Crippen molar-refractivity contribution in [2.75, 3.05) is 40.3 Å². The van der Waals surface area contributed by atoms with Crippen molar-refractivity contribution >= 4 is 52.6 Å². The van der Waals surface area contributed by atoms with E-state index in [4.69, 9.17) is 4.98 Å². The molecule has 2 aromatic heterocycles. The Morgan fingerprint density at radius 2 is 2.14 bits per heavy atom. The summed E-state index contributed by atoms with van der Waals surface area (Å²) in [5.41, 5.74) is 1.24. The third-order valence-corrected chi connectivity index (χ3v) is 7.37. The summed E-state index contributed by atoms with van der Waals surface area (Å²) in [4.78, 5) is 15.4. The Balaban J connectivity index is 0.00000300. The van der Waals surface area contributed by atoms with Crippen LogP contribution in [0.1, 0.15) is 35.3 Å². The molecule has 1 saturated heterocycles.